The van der Waals surface area contributed by atoms with E-state index in [1.165, 1.54) is 0 Å². The minimum absolute atomic E-state index is 0.247. The van der Waals surface area contributed by atoms with Crippen LogP contribution in [0.2, 0.25) is 0 Å². The van der Waals surface area contributed by atoms with Crippen LogP contribution in [0.1, 0.15) is 12.8 Å². The topological polar surface area (TPSA) is 82.3 Å². The van der Waals surface area contributed by atoms with Gasteiger partial charge in [0.25, 0.3) is 0 Å². The summed E-state index contributed by atoms with van der Waals surface area (Å²) in [6.07, 6.45) is 3.67. The van der Waals surface area contributed by atoms with Crippen LogP contribution in [-0.2, 0) is 11.3 Å². The molecule has 1 fully saturated rings. The number of aromatic nitrogens is 2. The number of aryl methyl sites for hydroxylation is 1. The molecule has 0 saturated carbocycles. The number of rotatable bonds is 5. The Morgan fingerprint density at radius 3 is 3.06 bits per heavy atom. The fourth-order valence-corrected chi connectivity index (χ4v) is 2.24. The van der Waals surface area contributed by atoms with Crippen LogP contribution in [0.5, 0.6) is 0 Å². The maximum absolute atomic E-state index is 5.97. The zero-order valence-corrected chi connectivity index (χ0v) is 10.3. The van der Waals surface area contributed by atoms with E-state index in [4.69, 9.17) is 16.2 Å². The van der Waals surface area contributed by atoms with Gasteiger partial charge in [0.15, 0.2) is 0 Å². The Kier molecular flexibility index (Phi) is 3.86. The monoisotopic (exact) mass is 239 g/mol. The largest absolute Gasteiger partial charge is 0.394 e. The van der Waals surface area contributed by atoms with Gasteiger partial charge < -0.3 is 21.1 Å². The third-order valence-electron chi connectivity index (χ3n) is 3.08. The van der Waals surface area contributed by atoms with E-state index in [0.29, 0.717) is 0 Å². The Bertz CT molecular complexity index is 365. The van der Waals surface area contributed by atoms with Crippen molar-refractivity contribution in [3.63, 3.8) is 0 Å². The zero-order chi connectivity index (χ0) is 12.3. The predicted octanol–water partition coefficient (Wildman–Crippen LogP) is 0.0392. The molecule has 0 aromatic carbocycles. The summed E-state index contributed by atoms with van der Waals surface area (Å²) in [6.45, 7) is 3.38. The Hall–Kier alpha value is -1.27. The van der Waals surface area contributed by atoms with Crippen molar-refractivity contribution in [3.05, 3.63) is 6.20 Å². The first kappa shape index (κ1) is 12.2. The first-order chi connectivity index (χ1) is 8.22. The quantitative estimate of drug-likeness (QED) is 0.709. The highest BCUT2D eigenvalue weighted by Gasteiger charge is 2.24. The molecule has 4 N–H and O–H groups in total. The van der Waals surface area contributed by atoms with Crippen LogP contribution in [0.15, 0.2) is 6.20 Å². The Morgan fingerprint density at radius 2 is 2.41 bits per heavy atom. The first-order valence-corrected chi connectivity index (χ1v) is 6.03. The number of methoxy groups -OCH3 is 1. The number of hydrogen-bond acceptors (Lipinski definition) is 5. The highest BCUT2D eigenvalue weighted by Crippen LogP contribution is 2.26. The van der Waals surface area contributed by atoms with Crippen molar-refractivity contribution < 1.29 is 4.74 Å². The van der Waals surface area contributed by atoms with Crippen molar-refractivity contribution in [2.45, 2.75) is 25.4 Å². The van der Waals surface area contributed by atoms with Gasteiger partial charge in [-0.25, -0.2) is 4.68 Å². The van der Waals surface area contributed by atoms with Crippen LogP contribution in [-0.4, -0.2) is 42.6 Å². The van der Waals surface area contributed by atoms with E-state index >= 15 is 0 Å². The average molecular weight is 239 g/mol. The van der Waals surface area contributed by atoms with E-state index in [-0.39, 0.29) is 6.04 Å². The third kappa shape index (κ3) is 2.70. The van der Waals surface area contributed by atoms with E-state index in [9.17, 15) is 0 Å². The number of ether oxygens (including phenoxy) is 1. The van der Waals surface area contributed by atoms with Crippen molar-refractivity contribution in [3.8, 4) is 0 Å². The zero-order valence-electron chi connectivity index (χ0n) is 10.3. The lowest BCUT2D eigenvalue weighted by atomic mass is 10.3. The Morgan fingerprint density at radius 1 is 1.59 bits per heavy atom. The van der Waals surface area contributed by atoms with Gasteiger partial charge in [-0.3, -0.25) is 0 Å². The van der Waals surface area contributed by atoms with Gasteiger partial charge in [0.2, 0.25) is 0 Å². The third-order valence-corrected chi connectivity index (χ3v) is 3.08. The van der Waals surface area contributed by atoms with Crippen LogP contribution >= 0.6 is 0 Å². The Labute approximate surface area is 102 Å². The van der Waals surface area contributed by atoms with E-state index < -0.39 is 0 Å². The van der Waals surface area contributed by atoms with Gasteiger partial charge >= 0.3 is 0 Å². The number of hydrogen-bond donors (Lipinski definition) is 2. The Balaban J connectivity index is 2.06. The number of nitrogens with two attached hydrogens (primary N) is 2. The van der Waals surface area contributed by atoms with Crippen molar-refractivity contribution >= 4 is 11.5 Å². The van der Waals surface area contributed by atoms with E-state index in [2.05, 4.69) is 10.00 Å². The van der Waals surface area contributed by atoms with Crippen LogP contribution in [0.4, 0.5) is 11.5 Å². The van der Waals surface area contributed by atoms with Gasteiger partial charge in [0.1, 0.15) is 5.82 Å². The van der Waals surface area contributed by atoms with E-state index in [0.717, 1.165) is 50.6 Å². The average Bonchev–Trinajstić information content (AvgIpc) is 2.86. The summed E-state index contributed by atoms with van der Waals surface area (Å²) >= 11 is 0. The number of nitrogens with zero attached hydrogens (tertiary/aromatic N) is 3. The molecular formula is C11H21N5O. The summed E-state index contributed by atoms with van der Waals surface area (Å²) in [4.78, 5) is 2.22. The molecule has 0 bridgehead atoms. The molecule has 0 amide bonds. The van der Waals surface area contributed by atoms with Gasteiger partial charge in [-0.15, -0.1) is 0 Å². The maximum atomic E-state index is 5.97. The molecule has 1 saturated heterocycles. The van der Waals surface area contributed by atoms with Crippen molar-refractivity contribution in [2.24, 2.45) is 5.73 Å². The van der Waals surface area contributed by atoms with E-state index in [1.54, 1.807) is 13.3 Å². The van der Waals surface area contributed by atoms with Gasteiger partial charge in [0, 0.05) is 39.4 Å². The van der Waals surface area contributed by atoms with Crippen LogP contribution in [0, 0.1) is 0 Å². The number of anilines is 2. The molecule has 1 aromatic rings. The predicted molar refractivity (Wildman–Crippen MR) is 67.9 cm³/mol. The lowest BCUT2D eigenvalue weighted by Crippen LogP contribution is -2.28. The second-order valence-corrected chi connectivity index (χ2v) is 4.49. The molecule has 2 rings (SSSR count). The summed E-state index contributed by atoms with van der Waals surface area (Å²) in [5, 5.41) is 4.31. The van der Waals surface area contributed by atoms with Crippen LogP contribution in [0.25, 0.3) is 0 Å². The summed E-state index contributed by atoms with van der Waals surface area (Å²) < 4.78 is 7.00. The molecule has 1 aliphatic heterocycles. The normalized spacial score (nSPS) is 20.1. The van der Waals surface area contributed by atoms with Crippen molar-refractivity contribution in [1.82, 2.24) is 9.78 Å². The van der Waals surface area contributed by atoms with Gasteiger partial charge in [-0.1, -0.05) is 0 Å². The molecule has 96 valence electrons. The first-order valence-electron chi connectivity index (χ1n) is 6.03. The summed E-state index contributed by atoms with van der Waals surface area (Å²) in [5.41, 5.74) is 12.6. The fourth-order valence-electron chi connectivity index (χ4n) is 2.24. The van der Waals surface area contributed by atoms with Crippen LogP contribution in [0.3, 0.4) is 0 Å². The number of nitrogen functional groups attached to an aromatic ring is 1. The summed E-state index contributed by atoms with van der Waals surface area (Å²) in [5.74, 6) is 1.01. The summed E-state index contributed by atoms with van der Waals surface area (Å²) in [6, 6.07) is 0.247. The standard InChI is InChI=1S/C11H21N5O/c1-17-6-2-4-16-11(10(13)7-14-16)15-5-3-9(12)8-15/h7,9H,2-6,8,12-13H2,1H3. The molecule has 1 unspecified atom stereocenters. The molecule has 17 heavy (non-hydrogen) atoms. The molecule has 1 atom stereocenters. The van der Waals surface area contributed by atoms with Gasteiger partial charge in [0.05, 0.1) is 11.9 Å². The second-order valence-electron chi connectivity index (χ2n) is 4.49. The molecule has 0 aliphatic carbocycles. The molecule has 0 radical (unpaired) electrons. The summed E-state index contributed by atoms with van der Waals surface area (Å²) in [7, 11) is 1.71. The molecule has 1 aromatic heterocycles. The fraction of sp³-hybridized carbons (Fsp3) is 0.727. The van der Waals surface area contributed by atoms with Crippen molar-refractivity contribution in [2.75, 3.05) is 37.4 Å². The van der Waals surface area contributed by atoms with Crippen LogP contribution < -0.4 is 16.4 Å². The smallest absolute Gasteiger partial charge is 0.150 e. The van der Waals surface area contributed by atoms with Gasteiger partial charge in [-0.05, 0) is 12.8 Å². The highest BCUT2D eigenvalue weighted by molar-refractivity contribution is 5.63. The minimum atomic E-state index is 0.247. The lowest BCUT2D eigenvalue weighted by molar-refractivity contribution is 0.189. The second kappa shape index (κ2) is 5.37. The SMILES string of the molecule is COCCCn1ncc(N)c1N1CCC(N)C1. The molecule has 1 aliphatic rings. The molecule has 0 spiro atoms. The van der Waals surface area contributed by atoms with Crippen molar-refractivity contribution in [1.29, 1.82) is 0 Å². The molecule has 6 heteroatoms. The van der Waals surface area contributed by atoms with Gasteiger partial charge in [-0.2, -0.15) is 5.10 Å². The molecule has 6 nitrogen and oxygen atoms in total. The van der Waals surface area contributed by atoms with E-state index in [1.807, 2.05) is 4.68 Å². The lowest BCUT2D eigenvalue weighted by Gasteiger charge is -2.20. The maximum Gasteiger partial charge on any atom is 0.150 e. The molecular weight excluding hydrogens is 218 g/mol. The molecule has 2 heterocycles. The highest BCUT2D eigenvalue weighted by atomic mass is 16.5. The minimum Gasteiger partial charge on any atom is -0.394 e.